The lowest BCUT2D eigenvalue weighted by molar-refractivity contribution is 0.822. The molecule has 15 heavy (non-hydrogen) atoms. The third-order valence-corrected chi connectivity index (χ3v) is 2.34. The van der Waals surface area contributed by atoms with Crippen molar-refractivity contribution in [1.29, 1.82) is 5.26 Å². The van der Waals surface area contributed by atoms with Crippen molar-refractivity contribution in [2.75, 3.05) is 0 Å². The third-order valence-electron chi connectivity index (χ3n) is 2.34. The van der Waals surface area contributed by atoms with E-state index in [0.717, 1.165) is 23.0 Å². The summed E-state index contributed by atoms with van der Waals surface area (Å²) in [5, 5.41) is 9.99. The third kappa shape index (κ3) is 1.77. The number of aromatic nitrogens is 1. The van der Waals surface area contributed by atoms with Crippen LogP contribution in [0, 0.1) is 11.3 Å². The SMILES string of the molecule is C=C(C)Cn1ccc2ccc(C#N)cc21. The summed E-state index contributed by atoms with van der Waals surface area (Å²) in [5.41, 5.74) is 2.90. The lowest BCUT2D eigenvalue weighted by Crippen LogP contribution is -1.96. The van der Waals surface area contributed by atoms with Crippen molar-refractivity contribution in [1.82, 2.24) is 4.57 Å². The zero-order valence-electron chi connectivity index (χ0n) is 8.70. The number of rotatable bonds is 2. The molecule has 1 heterocycles. The molecule has 74 valence electrons. The number of benzene rings is 1. The molecule has 1 aromatic carbocycles. The zero-order valence-corrected chi connectivity index (χ0v) is 8.70. The van der Waals surface area contributed by atoms with Crippen LogP contribution in [-0.2, 0) is 6.54 Å². The first kappa shape index (κ1) is 9.54. The molecule has 2 aromatic rings. The van der Waals surface area contributed by atoms with Crippen molar-refractivity contribution in [2.24, 2.45) is 0 Å². The molecule has 2 nitrogen and oxygen atoms in total. The minimum atomic E-state index is 0.698. The van der Waals surface area contributed by atoms with Crippen molar-refractivity contribution in [3.05, 3.63) is 48.2 Å². The van der Waals surface area contributed by atoms with Gasteiger partial charge in [-0.25, -0.2) is 0 Å². The normalized spacial score (nSPS) is 10.1. The highest BCUT2D eigenvalue weighted by Crippen LogP contribution is 2.18. The maximum atomic E-state index is 8.83. The minimum absolute atomic E-state index is 0.698. The van der Waals surface area contributed by atoms with Gasteiger partial charge in [-0.1, -0.05) is 18.2 Å². The molecule has 0 saturated heterocycles. The Bertz CT molecular complexity index is 555. The summed E-state index contributed by atoms with van der Waals surface area (Å²) < 4.78 is 2.11. The van der Waals surface area contributed by atoms with Crippen molar-refractivity contribution < 1.29 is 0 Å². The van der Waals surface area contributed by atoms with Gasteiger partial charge in [0, 0.05) is 18.3 Å². The Morgan fingerprint density at radius 2 is 2.27 bits per heavy atom. The predicted molar refractivity (Wildman–Crippen MR) is 61.5 cm³/mol. The van der Waals surface area contributed by atoms with E-state index < -0.39 is 0 Å². The smallest absolute Gasteiger partial charge is 0.0992 e. The molecule has 0 fully saturated rings. The summed E-state index contributed by atoms with van der Waals surface area (Å²) in [5.74, 6) is 0. The van der Waals surface area contributed by atoms with Gasteiger partial charge in [-0.2, -0.15) is 5.26 Å². The van der Waals surface area contributed by atoms with E-state index in [1.54, 1.807) is 0 Å². The second-order valence-electron chi connectivity index (χ2n) is 3.79. The predicted octanol–water partition coefficient (Wildman–Crippen LogP) is 3.09. The van der Waals surface area contributed by atoms with Crippen molar-refractivity contribution in [3.8, 4) is 6.07 Å². The second kappa shape index (κ2) is 3.62. The van der Waals surface area contributed by atoms with Crippen molar-refractivity contribution in [3.63, 3.8) is 0 Å². The first-order valence-electron chi connectivity index (χ1n) is 4.84. The van der Waals surface area contributed by atoms with Crippen molar-refractivity contribution >= 4 is 10.9 Å². The van der Waals surface area contributed by atoms with Gasteiger partial charge in [-0.05, 0) is 30.5 Å². The van der Waals surface area contributed by atoms with Crippen LogP contribution in [0.25, 0.3) is 10.9 Å². The molecular weight excluding hydrogens is 184 g/mol. The Morgan fingerprint density at radius 1 is 1.47 bits per heavy atom. The van der Waals surface area contributed by atoms with Crippen LogP contribution in [0.5, 0.6) is 0 Å². The highest BCUT2D eigenvalue weighted by molar-refractivity contribution is 5.81. The van der Waals surface area contributed by atoms with Gasteiger partial charge >= 0.3 is 0 Å². The van der Waals surface area contributed by atoms with Gasteiger partial charge in [0.05, 0.1) is 11.6 Å². The average molecular weight is 196 g/mol. The van der Waals surface area contributed by atoms with E-state index in [4.69, 9.17) is 5.26 Å². The first-order chi connectivity index (χ1) is 7.20. The molecular formula is C13H12N2. The first-order valence-corrected chi connectivity index (χ1v) is 4.84. The largest absolute Gasteiger partial charge is 0.343 e. The molecule has 0 amide bonds. The van der Waals surface area contributed by atoms with Crippen LogP contribution in [0.15, 0.2) is 42.6 Å². The standard InChI is InChI=1S/C13H12N2/c1-10(2)9-15-6-5-12-4-3-11(8-14)7-13(12)15/h3-7H,1,9H2,2H3. The van der Waals surface area contributed by atoms with E-state index in [1.165, 1.54) is 0 Å². The Hall–Kier alpha value is -2.01. The fraction of sp³-hybridized carbons (Fsp3) is 0.154. The highest BCUT2D eigenvalue weighted by Gasteiger charge is 2.01. The molecule has 0 aliphatic rings. The van der Waals surface area contributed by atoms with E-state index in [9.17, 15) is 0 Å². The Labute approximate surface area is 89.1 Å². The van der Waals surface area contributed by atoms with Crippen molar-refractivity contribution in [2.45, 2.75) is 13.5 Å². The molecule has 1 aromatic heterocycles. The highest BCUT2D eigenvalue weighted by atomic mass is 14.9. The second-order valence-corrected chi connectivity index (χ2v) is 3.79. The van der Waals surface area contributed by atoms with Gasteiger partial charge in [0.2, 0.25) is 0 Å². The van der Waals surface area contributed by atoms with E-state index in [0.29, 0.717) is 5.56 Å². The average Bonchev–Trinajstić information content (AvgIpc) is 2.60. The molecule has 2 rings (SSSR count). The number of hydrogen-bond donors (Lipinski definition) is 0. The van der Waals surface area contributed by atoms with E-state index >= 15 is 0 Å². The van der Waals surface area contributed by atoms with Crippen LogP contribution in [0.3, 0.4) is 0 Å². The summed E-state index contributed by atoms with van der Waals surface area (Å²) in [4.78, 5) is 0. The molecule has 0 saturated carbocycles. The van der Waals surface area contributed by atoms with Crippen LogP contribution in [-0.4, -0.2) is 4.57 Å². The van der Waals surface area contributed by atoms with E-state index in [2.05, 4.69) is 23.3 Å². The van der Waals surface area contributed by atoms with Crippen LogP contribution < -0.4 is 0 Å². The lowest BCUT2D eigenvalue weighted by atomic mass is 10.2. The quantitative estimate of drug-likeness (QED) is 0.678. The number of allylic oxidation sites excluding steroid dienone is 1. The molecule has 0 N–H and O–H groups in total. The Balaban J connectivity index is 2.57. The lowest BCUT2D eigenvalue weighted by Gasteiger charge is -2.04. The monoisotopic (exact) mass is 196 g/mol. The van der Waals surface area contributed by atoms with E-state index in [-0.39, 0.29) is 0 Å². The summed E-state index contributed by atoms with van der Waals surface area (Å²) in [6.07, 6.45) is 2.03. The molecule has 0 aliphatic heterocycles. The van der Waals surface area contributed by atoms with Gasteiger partial charge in [-0.3, -0.25) is 0 Å². The Kier molecular flexibility index (Phi) is 2.31. The van der Waals surface area contributed by atoms with Gasteiger partial charge in [0.25, 0.3) is 0 Å². The zero-order chi connectivity index (χ0) is 10.8. The molecule has 0 spiro atoms. The number of fused-ring (bicyclic) bond motifs is 1. The molecule has 2 heteroatoms. The fourth-order valence-corrected chi connectivity index (χ4v) is 1.68. The van der Waals surface area contributed by atoms with Gasteiger partial charge < -0.3 is 4.57 Å². The number of nitriles is 1. The summed E-state index contributed by atoms with van der Waals surface area (Å²) in [7, 11) is 0. The topological polar surface area (TPSA) is 28.7 Å². The molecule has 0 atom stereocenters. The van der Waals surface area contributed by atoms with E-state index in [1.807, 2.05) is 31.3 Å². The maximum Gasteiger partial charge on any atom is 0.0992 e. The van der Waals surface area contributed by atoms with Crippen LogP contribution in [0.1, 0.15) is 12.5 Å². The maximum absolute atomic E-state index is 8.83. The van der Waals surface area contributed by atoms with Gasteiger partial charge in [0.1, 0.15) is 0 Å². The summed E-state index contributed by atoms with van der Waals surface area (Å²) in [6.45, 7) is 6.70. The summed E-state index contributed by atoms with van der Waals surface area (Å²) >= 11 is 0. The number of nitrogens with zero attached hydrogens (tertiary/aromatic N) is 2. The van der Waals surface area contributed by atoms with Gasteiger partial charge in [0.15, 0.2) is 0 Å². The molecule has 0 unspecified atom stereocenters. The molecule has 0 radical (unpaired) electrons. The molecule has 0 aliphatic carbocycles. The van der Waals surface area contributed by atoms with Crippen LogP contribution >= 0.6 is 0 Å². The van der Waals surface area contributed by atoms with Crippen LogP contribution in [0.4, 0.5) is 0 Å². The minimum Gasteiger partial charge on any atom is -0.343 e. The molecule has 0 bridgehead atoms. The summed E-state index contributed by atoms with van der Waals surface area (Å²) in [6, 6.07) is 9.94. The van der Waals surface area contributed by atoms with Crippen LogP contribution in [0.2, 0.25) is 0 Å². The fourth-order valence-electron chi connectivity index (χ4n) is 1.68. The Morgan fingerprint density at radius 3 is 2.93 bits per heavy atom. The van der Waals surface area contributed by atoms with Gasteiger partial charge in [-0.15, -0.1) is 0 Å². The number of hydrogen-bond acceptors (Lipinski definition) is 1.